The van der Waals surface area contributed by atoms with E-state index in [1.54, 1.807) is 0 Å². The summed E-state index contributed by atoms with van der Waals surface area (Å²) < 4.78 is 45.5. The van der Waals surface area contributed by atoms with Gasteiger partial charge in [-0.3, -0.25) is 9.36 Å². The highest BCUT2D eigenvalue weighted by Gasteiger charge is 2.49. The van der Waals surface area contributed by atoms with Crippen molar-refractivity contribution in [2.45, 2.75) is 18.8 Å². The fourth-order valence-corrected chi connectivity index (χ4v) is 2.46. The van der Waals surface area contributed by atoms with Crippen molar-refractivity contribution >= 4 is 13.4 Å². The maximum atomic E-state index is 12.5. The van der Waals surface area contributed by atoms with E-state index in [0.717, 1.165) is 14.2 Å². The molecule has 0 amide bonds. The van der Waals surface area contributed by atoms with Crippen LogP contribution in [0.2, 0.25) is 0 Å². The highest BCUT2D eigenvalue weighted by atomic mass is 31.2. The number of carbonyl (C=O) groups excluding carboxylic acids is 1. The Balaban J connectivity index is 2.47. The van der Waals surface area contributed by atoms with Gasteiger partial charge in [0.2, 0.25) is 5.92 Å². The molecule has 1 fully saturated rings. The molecule has 0 atom stereocenters. The molecule has 88 valence electrons. The van der Waals surface area contributed by atoms with Crippen molar-refractivity contribution in [1.29, 1.82) is 0 Å². The zero-order valence-corrected chi connectivity index (χ0v) is 9.43. The van der Waals surface area contributed by atoms with Crippen LogP contribution < -0.4 is 0 Å². The van der Waals surface area contributed by atoms with Crippen molar-refractivity contribution in [1.82, 2.24) is 0 Å². The van der Waals surface area contributed by atoms with Crippen LogP contribution in [-0.2, 0) is 18.4 Å². The second-order valence-electron chi connectivity index (χ2n) is 3.56. The highest BCUT2D eigenvalue weighted by Crippen LogP contribution is 2.50. The third kappa shape index (κ3) is 3.06. The molecule has 1 aliphatic carbocycles. The van der Waals surface area contributed by atoms with Crippen molar-refractivity contribution in [2.75, 3.05) is 20.4 Å². The van der Waals surface area contributed by atoms with E-state index in [9.17, 15) is 18.1 Å². The summed E-state index contributed by atoms with van der Waals surface area (Å²) in [5.41, 5.74) is 0. The van der Waals surface area contributed by atoms with Gasteiger partial charge in [-0.25, -0.2) is 8.78 Å². The minimum Gasteiger partial charge on any atom is -0.312 e. The standard InChI is InChI=1S/C8H13F2O4P/c1-13-15(12,14-2)5-7(11)6-3-8(9,10)4-6/h6H,3-5H2,1-2H3. The van der Waals surface area contributed by atoms with E-state index in [0.29, 0.717) is 0 Å². The lowest BCUT2D eigenvalue weighted by atomic mass is 9.79. The fraction of sp³-hybridized carbons (Fsp3) is 0.875. The lowest BCUT2D eigenvalue weighted by Crippen LogP contribution is -2.41. The Bertz CT molecular complexity index is 289. The number of alkyl halides is 2. The minimum absolute atomic E-state index is 0.430. The first-order valence-corrected chi connectivity index (χ1v) is 6.16. The molecule has 4 nitrogen and oxygen atoms in total. The Kier molecular flexibility index (Phi) is 3.63. The number of halogens is 2. The summed E-state index contributed by atoms with van der Waals surface area (Å²) in [6, 6.07) is 0. The molecule has 15 heavy (non-hydrogen) atoms. The maximum absolute atomic E-state index is 12.5. The van der Waals surface area contributed by atoms with Gasteiger partial charge in [0, 0.05) is 33.0 Å². The summed E-state index contributed by atoms with van der Waals surface area (Å²) in [5, 5.41) is 0. The zero-order chi connectivity index (χ0) is 11.7. The van der Waals surface area contributed by atoms with Crippen molar-refractivity contribution in [3.8, 4) is 0 Å². The van der Waals surface area contributed by atoms with E-state index in [2.05, 4.69) is 9.05 Å². The number of Topliss-reactive ketones (excluding diaryl/α,β-unsaturated/α-hetero) is 1. The van der Waals surface area contributed by atoms with E-state index in [-0.39, 0.29) is 0 Å². The Labute approximate surface area is 86.5 Å². The van der Waals surface area contributed by atoms with Crippen molar-refractivity contribution in [2.24, 2.45) is 5.92 Å². The van der Waals surface area contributed by atoms with Gasteiger partial charge in [0.25, 0.3) is 0 Å². The lowest BCUT2D eigenvalue weighted by molar-refractivity contribution is -0.146. The van der Waals surface area contributed by atoms with Gasteiger partial charge in [0.05, 0.1) is 0 Å². The predicted octanol–water partition coefficient (Wildman–Crippen LogP) is 2.09. The van der Waals surface area contributed by atoms with E-state index in [4.69, 9.17) is 0 Å². The van der Waals surface area contributed by atoms with E-state index in [1.807, 2.05) is 0 Å². The highest BCUT2D eigenvalue weighted by molar-refractivity contribution is 7.54. The van der Waals surface area contributed by atoms with Crippen LogP contribution in [0, 0.1) is 5.92 Å². The molecule has 0 saturated heterocycles. The van der Waals surface area contributed by atoms with Crippen LogP contribution in [0.3, 0.4) is 0 Å². The average Bonchev–Trinajstić information content (AvgIpc) is 2.13. The van der Waals surface area contributed by atoms with Gasteiger partial charge in [-0.2, -0.15) is 0 Å². The lowest BCUT2D eigenvalue weighted by Gasteiger charge is -2.34. The summed E-state index contributed by atoms with van der Waals surface area (Å²) in [4.78, 5) is 11.4. The summed E-state index contributed by atoms with van der Waals surface area (Å²) in [6.07, 6.45) is -1.35. The van der Waals surface area contributed by atoms with E-state index < -0.39 is 44.2 Å². The molecule has 0 N–H and O–H groups in total. The van der Waals surface area contributed by atoms with E-state index >= 15 is 0 Å². The van der Waals surface area contributed by atoms with Crippen LogP contribution in [0.15, 0.2) is 0 Å². The van der Waals surface area contributed by atoms with Crippen LogP contribution in [-0.4, -0.2) is 32.1 Å². The first-order valence-electron chi connectivity index (χ1n) is 4.43. The topological polar surface area (TPSA) is 52.6 Å². The first-order chi connectivity index (χ1) is 6.82. The second kappa shape index (κ2) is 4.28. The molecule has 0 unspecified atom stereocenters. The molecular weight excluding hydrogens is 229 g/mol. The predicted molar refractivity (Wildman–Crippen MR) is 49.2 cm³/mol. The zero-order valence-electron chi connectivity index (χ0n) is 8.53. The summed E-state index contributed by atoms with van der Waals surface area (Å²) >= 11 is 0. The molecule has 0 aromatic rings. The molecule has 1 aliphatic rings. The van der Waals surface area contributed by atoms with Crippen LogP contribution >= 0.6 is 7.60 Å². The molecule has 0 bridgehead atoms. The van der Waals surface area contributed by atoms with Crippen LogP contribution in [0.4, 0.5) is 8.78 Å². The Morgan fingerprint density at radius 1 is 1.40 bits per heavy atom. The number of rotatable bonds is 5. The van der Waals surface area contributed by atoms with Crippen LogP contribution in [0.5, 0.6) is 0 Å². The molecule has 0 radical (unpaired) electrons. The van der Waals surface area contributed by atoms with Crippen molar-refractivity contribution < 1.29 is 27.2 Å². The normalized spacial score (nSPS) is 21.1. The number of hydrogen-bond acceptors (Lipinski definition) is 4. The number of hydrogen-bond donors (Lipinski definition) is 0. The van der Waals surface area contributed by atoms with Gasteiger partial charge in [-0.1, -0.05) is 0 Å². The van der Waals surface area contributed by atoms with Gasteiger partial charge >= 0.3 is 7.60 Å². The van der Waals surface area contributed by atoms with Crippen molar-refractivity contribution in [3.63, 3.8) is 0 Å². The number of ketones is 1. The largest absolute Gasteiger partial charge is 0.337 e. The van der Waals surface area contributed by atoms with Crippen LogP contribution in [0.25, 0.3) is 0 Å². The summed E-state index contributed by atoms with van der Waals surface area (Å²) in [6.45, 7) is 0. The second-order valence-corrected chi connectivity index (χ2v) is 5.83. The molecule has 0 heterocycles. The van der Waals surface area contributed by atoms with Crippen molar-refractivity contribution in [3.05, 3.63) is 0 Å². The summed E-state index contributed by atoms with van der Waals surface area (Å²) in [7, 11) is -1.09. The average molecular weight is 242 g/mol. The van der Waals surface area contributed by atoms with Gasteiger partial charge < -0.3 is 9.05 Å². The number of carbonyl (C=O) groups is 1. The van der Waals surface area contributed by atoms with Gasteiger partial charge in [-0.15, -0.1) is 0 Å². The molecule has 0 aliphatic heterocycles. The smallest absolute Gasteiger partial charge is 0.312 e. The van der Waals surface area contributed by atoms with Gasteiger partial charge in [0.1, 0.15) is 11.9 Å². The van der Waals surface area contributed by atoms with Gasteiger partial charge in [-0.05, 0) is 0 Å². The Hall–Kier alpha value is -0.320. The molecule has 0 aromatic heterocycles. The Morgan fingerprint density at radius 3 is 2.20 bits per heavy atom. The van der Waals surface area contributed by atoms with Crippen LogP contribution in [0.1, 0.15) is 12.8 Å². The Morgan fingerprint density at radius 2 is 1.87 bits per heavy atom. The monoisotopic (exact) mass is 242 g/mol. The molecule has 0 spiro atoms. The summed E-state index contributed by atoms with van der Waals surface area (Å²) in [5.74, 6) is -3.93. The SMILES string of the molecule is COP(=O)(CC(=O)C1CC(F)(F)C1)OC. The molecule has 1 saturated carbocycles. The maximum Gasteiger partial charge on any atom is 0.337 e. The third-order valence-corrected chi connectivity index (χ3v) is 4.26. The van der Waals surface area contributed by atoms with Gasteiger partial charge in [0.15, 0.2) is 0 Å². The quantitative estimate of drug-likeness (QED) is 0.692. The first kappa shape index (κ1) is 12.7. The molecule has 0 aromatic carbocycles. The molecular formula is C8H13F2O4P. The molecule has 7 heteroatoms. The van der Waals surface area contributed by atoms with E-state index in [1.165, 1.54) is 0 Å². The minimum atomic E-state index is -3.41. The molecule has 1 rings (SSSR count). The third-order valence-electron chi connectivity index (χ3n) is 2.45. The fourth-order valence-electron chi connectivity index (χ4n) is 1.41.